The number of nitrogens with zero attached hydrogens (tertiary/aromatic N) is 3. The number of nitrogen functional groups attached to an aromatic ring is 1. The van der Waals surface area contributed by atoms with E-state index < -0.39 is 22.8 Å². The second-order valence-electron chi connectivity index (χ2n) is 5.82. The van der Waals surface area contributed by atoms with Gasteiger partial charge in [-0.3, -0.25) is 4.79 Å². The van der Waals surface area contributed by atoms with E-state index in [-0.39, 0.29) is 28.6 Å². The molecule has 0 amide bonds. The topological polar surface area (TPSA) is 127 Å². The fourth-order valence-corrected chi connectivity index (χ4v) is 2.98. The number of hydrogen-bond acceptors (Lipinski definition) is 6. The minimum absolute atomic E-state index is 0.0395. The highest BCUT2D eigenvalue weighted by Crippen LogP contribution is 2.29. The first-order chi connectivity index (χ1) is 11.3. The van der Waals surface area contributed by atoms with Crippen LogP contribution in [0.3, 0.4) is 0 Å². The second kappa shape index (κ2) is 5.75. The van der Waals surface area contributed by atoms with Gasteiger partial charge >= 0.3 is 5.97 Å². The Labute approximate surface area is 136 Å². The summed E-state index contributed by atoms with van der Waals surface area (Å²) in [5.74, 6) is -2.17. The molecule has 0 saturated carbocycles. The zero-order valence-electron chi connectivity index (χ0n) is 13.1. The maximum absolute atomic E-state index is 14.7. The number of carbonyl (C=O) groups is 1. The van der Waals surface area contributed by atoms with Crippen molar-refractivity contribution in [1.82, 2.24) is 9.55 Å². The monoisotopic (exact) mass is 335 g/mol. The fourth-order valence-electron chi connectivity index (χ4n) is 2.98. The Morgan fingerprint density at radius 2 is 2.25 bits per heavy atom. The molecule has 24 heavy (non-hydrogen) atoms. The third kappa shape index (κ3) is 2.37. The maximum atomic E-state index is 14.7. The van der Waals surface area contributed by atoms with Crippen molar-refractivity contribution in [2.24, 2.45) is 5.73 Å². The molecule has 1 aliphatic rings. The molecule has 0 bridgehead atoms. The molecular formula is C15H18FN5O3. The number of aromatic nitrogens is 2. The van der Waals surface area contributed by atoms with Gasteiger partial charge in [0.2, 0.25) is 5.43 Å². The molecule has 1 saturated heterocycles. The van der Waals surface area contributed by atoms with Crippen LogP contribution < -0.4 is 21.8 Å². The lowest BCUT2D eigenvalue weighted by atomic mass is 10.1. The highest BCUT2D eigenvalue weighted by Gasteiger charge is 2.27. The van der Waals surface area contributed by atoms with Crippen LogP contribution in [0.5, 0.6) is 0 Å². The summed E-state index contributed by atoms with van der Waals surface area (Å²) in [4.78, 5) is 29.6. The van der Waals surface area contributed by atoms with Crippen LogP contribution in [0.4, 0.5) is 15.9 Å². The van der Waals surface area contributed by atoms with Gasteiger partial charge in [-0.25, -0.2) is 14.2 Å². The molecule has 2 aromatic heterocycles. The van der Waals surface area contributed by atoms with Crippen molar-refractivity contribution in [3.8, 4) is 0 Å². The molecule has 0 radical (unpaired) electrons. The molecule has 128 valence electrons. The summed E-state index contributed by atoms with van der Waals surface area (Å²) in [6.07, 6.45) is 1.91. The van der Waals surface area contributed by atoms with Gasteiger partial charge in [0.05, 0.1) is 11.1 Å². The van der Waals surface area contributed by atoms with E-state index in [4.69, 9.17) is 11.5 Å². The minimum atomic E-state index is -1.39. The molecule has 8 nitrogen and oxygen atoms in total. The van der Waals surface area contributed by atoms with Crippen molar-refractivity contribution in [1.29, 1.82) is 0 Å². The summed E-state index contributed by atoms with van der Waals surface area (Å²) in [5.41, 5.74) is 10.2. The lowest BCUT2D eigenvalue weighted by Crippen LogP contribution is -2.29. The number of fused-ring (bicyclic) bond motifs is 1. The molecule has 2 aromatic rings. The van der Waals surface area contributed by atoms with Gasteiger partial charge in [-0.2, -0.15) is 0 Å². The van der Waals surface area contributed by atoms with Gasteiger partial charge in [-0.05, 0) is 13.3 Å². The Kier molecular flexibility index (Phi) is 3.88. The molecular weight excluding hydrogens is 317 g/mol. The summed E-state index contributed by atoms with van der Waals surface area (Å²) in [5, 5.41) is 8.96. The van der Waals surface area contributed by atoms with Gasteiger partial charge in [0.25, 0.3) is 0 Å². The average molecular weight is 335 g/mol. The van der Waals surface area contributed by atoms with Gasteiger partial charge < -0.3 is 26.0 Å². The molecule has 5 N–H and O–H groups in total. The first kappa shape index (κ1) is 16.2. The number of aryl methyl sites for hydroxylation is 1. The molecule has 3 heterocycles. The SMILES string of the molecule is CCn1cc(C(=O)O)c(=O)c2c(N)c(F)c(N3CCC(N)C3)nc21. The van der Waals surface area contributed by atoms with Crippen LogP contribution in [0.2, 0.25) is 0 Å². The van der Waals surface area contributed by atoms with E-state index in [1.54, 1.807) is 11.8 Å². The Bertz CT molecular complexity index is 895. The molecule has 3 rings (SSSR count). The van der Waals surface area contributed by atoms with Crippen LogP contribution in [0, 0.1) is 5.82 Å². The third-order valence-electron chi connectivity index (χ3n) is 4.26. The van der Waals surface area contributed by atoms with Gasteiger partial charge in [0, 0.05) is 31.9 Å². The molecule has 1 fully saturated rings. The smallest absolute Gasteiger partial charge is 0.341 e. The van der Waals surface area contributed by atoms with Crippen LogP contribution in [0.25, 0.3) is 11.0 Å². The number of nitrogens with two attached hydrogens (primary N) is 2. The molecule has 9 heteroatoms. The summed E-state index contributed by atoms with van der Waals surface area (Å²) in [7, 11) is 0. The number of hydrogen-bond donors (Lipinski definition) is 3. The Morgan fingerprint density at radius 3 is 2.79 bits per heavy atom. The number of rotatable bonds is 3. The van der Waals surface area contributed by atoms with E-state index in [1.807, 2.05) is 0 Å². The van der Waals surface area contributed by atoms with E-state index >= 15 is 0 Å². The largest absolute Gasteiger partial charge is 0.477 e. The zero-order valence-corrected chi connectivity index (χ0v) is 13.1. The predicted molar refractivity (Wildman–Crippen MR) is 87.8 cm³/mol. The first-order valence-electron chi connectivity index (χ1n) is 7.61. The number of anilines is 2. The molecule has 1 atom stereocenters. The lowest BCUT2D eigenvalue weighted by molar-refractivity contribution is 0.0695. The summed E-state index contributed by atoms with van der Waals surface area (Å²) in [6, 6.07) is -0.0779. The van der Waals surface area contributed by atoms with Gasteiger partial charge in [-0.15, -0.1) is 0 Å². The van der Waals surface area contributed by atoms with E-state index in [0.29, 0.717) is 26.1 Å². The van der Waals surface area contributed by atoms with E-state index in [0.717, 1.165) is 0 Å². The first-order valence-corrected chi connectivity index (χ1v) is 7.61. The van der Waals surface area contributed by atoms with E-state index in [2.05, 4.69) is 4.98 Å². The Balaban J connectivity index is 2.34. The summed E-state index contributed by atoms with van der Waals surface area (Å²) in [6.45, 7) is 3.11. The minimum Gasteiger partial charge on any atom is -0.477 e. The number of carboxylic acids is 1. The van der Waals surface area contributed by atoms with E-state index in [9.17, 15) is 19.1 Å². The van der Waals surface area contributed by atoms with Crippen molar-refractivity contribution in [2.75, 3.05) is 23.7 Å². The molecule has 0 aromatic carbocycles. The number of pyridine rings is 2. The molecule has 0 spiro atoms. The Morgan fingerprint density at radius 1 is 1.54 bits per heavy atom. The highest BCUT2D eigenvalue weighted by atomic mass is 19.1. The number of aromatic carboxylic acids is 1. The van der Waals surface area contributed by atoms with Crippen molar-refractivity contribution < 1.29 is 14.3 Å². The van der Waals surface area contributed by atoms with Crippen molar-refractivity contribution in [3.05, 3.63) is 27.8 Å². The maximum Gasteiger partial charge on any atom is 0.341 e. The summed E-state index contributed by atoms with van der Waals surface area (Å²) < 4.78 is 16.2. The lowest BCUT2D eigenvalue weighted by Gasteiger charge is -2.20. The highest BCUT2D eigenvalue weighted by molar-refractivity contribution is 5.96. The Hall–Kier alpha value is -2.68. The number of carboxylic acid groups (broad SMARTS) is 1. The van der Waals surface area contributed by atoms with Crippen LogP contribution >= 0.6 is 0 Å². The van der Waals surface area contributed by atoms with Gasteiger partial charge in [0.15, 0.2) is 11.6 Å². The second-order valence-corrected chi connectivity index (χ2v) is 5.82. The third-order valence-corrected chi connectivity index (χ3v) is 4.26. The molecule has 1 unspecified atom stereocenters. The summed E-state index contributed by atoms with van der Waals surface area (Å²) >= 11 is 0. The quantitative estimate of drug-likeness (QED) is 0.739. The molecule has 0 aliphatic carbocycles. The van der Waals surface area contributed by atoms with Crippen LogP contribution in [-0.2, 0) is 6.54 Å². The van der Waals surface area contributed by atoms with Gasteiger partial charge in [0.1, 0.15) is 11.2 Å². The zero-order chi connectivity index (χ0) is 17.6. The number of halogens is 1. The fraction of sp³-hybridized carbons (Fsp3) is 0.400. The van der Waals surface area contributed by atoms with Crippen molar-refractivity contribution in [2.45, 2.75) is 25.9 Å². The van der Waals surface area contributed by atoms with Crippen LogP contribution in [-0.4, -0.2) is 39.8 Å². The predicted octanol–water partition coefficient (Wildman–Crippen LogP) is 0.373. The van der Waals surface area contributed by atoms with Crippen molar-refractivity contribution in [3.63, 3.8) is 0 Å². The van der Waals surface area contributed by atoms with Crippen LogP contribution in [0.15, 0.2) is 11.0 Å². The average Bonchev–Trinajstić information content (AvgIpc) is 2.96. The van der Waals surface area contributed by atoms with Crippen LogP contribution in [0.1, 0.15) is 23.7 Å². The normalized spacial score (nSPS) is 17.6. The standard InChI is InChI=1S/C15H18FN5O3/c1-2-20-6-8(15(23)24)12(22)9-11(18)10(16)14(19-13(9)20)21-4-3-7(17)5-21/h6-7H,2-5,17H2,1H3,(H2,18,19)(H,23,24). The van der Waals surface area contributed by atoms with Crippen molar-refractivity contribution >= 4 is 28.5 Å². The molecule has 1 aliphatic heterocycles. The van der Waals surface area contributed by atoms with Gasteiger partial charge in [-0.1, -0.05) is 0 Å². The van der Waals surface area contributed by atoms with E-state index in [1.165, 1.54) is 10.8 Å².